The topological polar surface area (TPSA) is 30.9 Å². The molecule has 0 spiro atoms. The van der Waals surface area contributed by atoms with E-state index in [1.165, 1.54) is 11.1 Å². The summed E-state index contributed by atoms with van der Waals surface area (Å²) in [5.74, 6) is 2.56. The highest BCUT2D eigenvalue weighted by Crippen LogP contribution is 2.38. The lowest BCUT2D eigenvalue weighted by Gasteiger charge is -2.22. The third kappa shape index (κ3) is 5.40. The summed E-state index contributed by atoms with van der Waals surface area (Å²) < 4.78 is 16.4. The van der Waals surface area contributed by atoms with Crippen LogP contribution >= 0.6 is 0 Å². The van der Waals surface area contributed by atoms with Gasteiger partial charge < -0.3 is 19.1 Å². The Hall–Kier alpha value is -2.20. The fourth-order valence-corrected chi connectivity index (χ4v) is 3.25. The second-order valence-corrected chi connectivity index (χ2v) is 6.56. The minimum Gasteiger partial charge on any atom is -0.493 e. The van der Waals surface area contributed by atoms with Crippen LogP contribution in [0.2, 0.25) is 0 Å². The monoisotopic (exact) mass is 343 g/mol. The number of ether oxygens (including phenoxy) is 3. The number of benzene rings is 2. The summed E-state index contributed by atoms with van der Waals surface area (Å²) in [6, 6.07) is 14.7. The lowest BCUT2D eigenvalue weighted by molar-refractivity contribution is 0.315. The highest BCUT2D eigenvalue weighted by molar-refractivity contribution is 5.53. The van der Waals surface area contributed by atoms with Gasteiger partial charge in [0.1, 0.15) is 0 Å². The smallest absolute Gasteiger partial charge is 0.203 e. The lowest BCUT2D eigenvalue weighted by atomic mass is 9.92. The summed E-state index contributed by atoms with van der Waals surface area (Å²) in [4.78, 5) is 2.24. The summed E-state index contributed by atoms with van der Waals surface area (Å²) in [5, 5.41) is 0. The van der Waals surface area contributed by atoms with E-state index in [1.807, 2.05) is 0 Å². The molecule has 0 aromatic heterocycles. The molecule has 0 radical (unpaired) electrons. The van der Waals surface area contributed by atoms with Crippen LogP contribution in [0.3, 0.4) is 0 Å². The first-order valence-electron chi connectivity index (χ1n) is 8.55. The Morgan fingerprint density at radius 2 is 1.36 bits per heavy atom. The maximum absolute atomic E-state index is 5.48. The molecule has 4 heteroatoms. The molecule has 2 rings (SSSR count). The van der Waals surface area contributed by atoms with Crippen LogP contribution in [0.15, 0.2) is 42.5 Å². The molecule has 2 aromatic carbocycles. The van der Waals surface area contributed by atoms with Crippen molar-refractivity contribution in [1.29, 1.82) is 0 Å². The average molecular weight is 343 g/mol. The third-order valence-corrected chi connectivity index (χ3v) is 4.24. The van der Waals surface area contributed by atoms with Crippen LogP contribution in [0.5, 0.6) is 17.2 Å². The molecule has 0 N–H and O–H groups in total. The maximum Gasteiger partial charge on any atom is 0.203 e. The van der Waals surface area contributed by atoms with Gasteiger partial charge in [-0.2, -0.15) is 0 Å². The second kappa shape index (κ2) is 9.33. The van der Waals surface area contributed by atoms with E-state index < -0.39 is 0 Å². The van der Waals surface area contributed by atoms with Crippen molar-refractivity contribution < 1.29 is 14.2 Å². The first-order valence-corrected chi connectivity index (χ1v) is 8.55. The maximum atomic E-state index is 5.48. The van der Waals surface area contributed by atoms with Crippen molar-refractivity contribution in [3.05, 3.63) is 53.6 Å². The fraction of sp³-hybridized carbons (Fsp3) is 0.429. The van der Waals surface area contributed by atoms with E-state index in [0.717, 1.165) is 19.4 Å². The SMILES string of the molecule is COc1cc(CC(Cc2ccccc2)CN(C)C)cc(OC)c1OC. The van der Waals surface area contributed by atoms with Crippen LogP contribution in [0.1, 0.15) is 11.1 Å². The first-order chi connectivity index (χ1) is 12.1. The molecule has 0 heterocycles. The minimum absolute atomic E-state index is 0.500. The molecule has 0 aliphatic carbocycles. The van der Waals surface area contributed by atoms with Crippen LogP contribution in [0.25, 0.3) is 0 Å². The number of nitrogens with zero attached hydrogens (tertiary/aromatic N) is 1. The van der Waals surface area contributed by atoms with Gasteiger partial charge >= 0.3 is 0 Å². The Kier molecular flexibility index (Phi) is 7.14. The Bertz CT molecular complexity index is 630. The zero-order chi connectivity index (χ0) is 18.2. The summed E-state index contributed by atoms with van der Waals surface area (Å²) in [7, 11) is 9.18. The van der Waals surface area contributed by atoms with Crippen molar-refractivity contribution in [2.75, 3.05) is 42.0 Å². The van der Waals surface area contributed by atoms with Crippen LogP contribution in [0.4, 0.5) is 0 Å². The molecule has 1 atom stereocenters. The van der Waals surface area contributed by atoms with Gasteiger partial charge in [-0.25, -0.2) is 0 Å². The summed E-state index contributed by atoms with van der Waals surface area (Å²) >= 11 is 0. The molecule has 1 unspecified atom stereocenters. The summed E-state index contributed by atoms with van der Waals surface area (Å²) in [6.07, 6.45) is 1.99. The zero-order valence-corrected chi connectivity index (χ0v) is 15.9. The van der Waals surface area contributed by atoms with Gasteiger partial charge in [0, 0.05) is 6.54 Å². The Morgan fingerprint density at radius 3 is 1.84 bits per heavy atom. The van der Waals surface area contributed by atoms with Crippen molar-refractivity contribution in [3.63, 3.8) is 0 Å². The molecule has 0 aliphatic rings. The van der Waals surface area contributed by atoms with E-state index in [1.54, 1.807) is 21.3 Å². The van der Waals surface area contributed by atoms with Crippen LogP contribution in [-0.2, 0) is 12.8 Å². The van der Waals surface area contributed by atoms with Crippen molar-refractivity contribution in [1.82, 2.24) is 4.90 Å². The minimum atomic E-state index is 0.500. The standard InChI is InChI=1S/C21H29NO3/c1-22(2)15-18(11-16-9-7-6-8-10-16)12-17-13-19(23-3)21(25-5)20(14-17)24-4/h6-10,13-14,18H,11-12,15H2,1-5H3. The first kappa shape index (κ1) is 19.1. The molecular weight excluding hydrogens is 314 g/mol. The molecule has 0 fully saturated rings. The Morgan fingerprint density at radius 1 is 0.800 bits per heavy atom. The highest BCUT2D eigenvalue weighted by atomic mass is 16.5. The largest absolute Gasteiger partial charge is 0.493 e. The number of methoxy groups -OCH3 is 3. The molecule has 25 heavy (non-hydrogen) atoms. The number of hydrogen-bond donors (Lipinski definition) is 0. The van der Waals surface area contributed by atoms with Crippen LogP contribution in [0, 0.1) is 5.92 Å². The lowest BCUT2D eigenvalue weighted by Crippen LogP contribution is -2.25. The van der Waals surface area contributed by atoms with Gasteiger partial charge in [-0.15, -0.1) is 0 Å². The summed E-state index contributed by atoms with van der Waals surface area (Å²) in [6.45, 7) is 1.02. The van der Waals surface area contributed by atoms with Gasteiger partial charge in [0.2, 0.25) is 5.75 Å². The molecule has 136 valence electrons. The van der Waals surface area contributed by atoms with E-state index in [0.29, 0.717) is 23.2 Å². The predicted octanol–water partition coefficient (Wildman–Crippen LogP) is 3.68. The predicted molar refractivity (Wildman–Crippen MR) is 102 cm³/mol. The van der Waals surface area contributed by atoms with Crippen molar-refractivity contribution >= 4 is 0 Å². The number of hydrogen-bond acceptors (Lipinski definition) is 4. The van der Waals surface area contributed by atoms with Gasteiger partial charge in [0.25, 0.3) is 0 Å². The zero-order valence-electron chi connectivity index (χ0n) is 15.9. The molecule has 0 amide bonds. The Labute approximate surface area is 151 Å². The molecular formula is C21H29NO3. The highest BCUT2D eigenvalue weighted by Gasteiger charge is 2.17. The quantitative estimate of drug-likeness (QED) is 0.695. The van der Waals surface area contributed by atoms with E-state index in [4.69, 9.17) is 14.2 Å². The molecule has 0 saturated carbocycles. The summed E-state index contributed by atoms with van der Waals surface area (Å²) in [5.41, 5.74) is 2.55. The van der Waals surface area contributed by atoms with E-state index in [-0.39, 0.29) is 0 Å². The number of rotatable bonds is 9. The van der Waals surface area contributed by atoms with Crippen molar-refractivity contribution in [2.45, 2.75) is 12.8 Å². The van der Waals surface area contributed by atoms with Gasteiger partial charge in [-0.05, 0) is 56.1 Å². The van der Waals surface area contributed by atoms with Gasteiger partial charge in [0.15, 0.2) is 11.5 Å². The van der Waals surface area contributed by atoms with Crippen molar-refractivity contribution in [2.24, 2.45) is 5.92 Å². The van der Waals surface area contributed by atoms with E-state index in [2.05, 4.69) is 61.5 Å². The molecule has 4 nitrogen and oxygen atoms in total. The van der Waals surface area contributed by atoms with Crippen molar-refractivity contribution in [3.8, 4) is 17.2 Å². The van der Waals surface area contributed by atoms with Gasteiger partial charge in [-0.1, -0.05) is 30.3 Å². The van der Waals surface area contributed by atoms with Crippen LogP contribution < -0.4 is 14.2 Å². The second-order valence-electron chi connectivity index (χ2n) is 6.56. The normalized spacial score (nSPS) is 12.1. The molecule has 0 bridgehead atoms. The molecule has 0 saturated heterocycles. The third-order valence-electron chi connectivity index (χ3n) is 4.24. The fourth-order valence-electron chi connectivity index (χ4n) is 3.25. The van der Waals surface area contributed by atoms with Gasteiger partial charge in [-0.3, -0.25) is 0 Å². The molecule has 0 aliphatic heterocycles. The van der Waals surface area contributed by atoms with Gasteiger partial charge in [0.05, 0.1) is 21.3 Å². The Balaban J connectivity index is 2.25. The van der Waals surface area contributed by atoms with Crippen LogP contribution in [-0.4, -0.2) is 46.9 Å². The average Bonchev–Trinajstić information content (AvgIpc) is 2.61. The van der Waals surface area contributed by atoms with E-state index >= 15 is 0 Å². The van der Waals surface area contributed by atoms with E-state index in [9.17, 15) is 0 Å². The molecule has 2 aromatic rings.